The number of allylic oxidation sites excluding steroid dienone is 1. The smallest absolute Gasteiger partial charge is 0.451 e. The standard InChI is InChI=1S/C13H11ClF4N2O4/c1-5(2)24-9-4-8(7(15)3-6(9)14)19-20-10(12(22)23)11(21)13(16,17)18/h3-5,21H,1-2H3,(H,22,23)/b11-10-,20-19?. The highest BCUT2D eigenvalue weighted by atomic mass is 35.5. The molecular formula is C13H11ClF4N2O4. The molecule has 2 N–H and O–H groups in total. The maximum Gasteiger partial charge on any atom is 0.451 e. The Kier molecular flexibility index (Phi) is 6.13. The summed E-state index contributed by atoms with van der Waals surface area (Å²) in [5.41, 5.74) is -2.41. The first-order valence-corrected chi connectivity index (χ1v) is 6.62. The zero-order valence-corrected chi connectivity index (χ0v) is 13.0. The molecule has 0 aliphatic carbocycles. The molecule has 0 spiro atoms. The van der Waals surface area contributed by atoms with E-state index in [9.17, 15) is 22.4 Å². The van der Waals surface area contributed by atoms with E-state index in [4.69, 9.17) is 26.6 Å². The number of rotatable bonds is 5. The van der Waals surface area contributed by atoms with E-state index in [-0.39, 0.29) is 16.9 Å². The fourth-order valence-corrected chi connectivity index (χ4v) is 1.56. The first-order chi connectivity index (χ1) is 10.9. The molecule has 0 radical (unpaired) electrons. The van der Waals surface area contributed by atoms with Crippen molar-refractivity contribution in [1.29, 1.82) is 0 Å². The first-order valence-electron chi connectivity index (χ1n) is 6.24. The molecule has 0 fully saturated rings. The predicted molar refractivity (Wildman–Crippen MR) is 75.0 cm³/mol. The highest BCUT2D eigenvalue weighted by Crippen LogP contribution is 2.34. The average molecular weight is 371 g/mol. The Hall–Kier alpha value is -2.36. The number of benzene rings is 1. The first kappa shape index (κ1) is 19.7. The summed E-state index contributed by atoms with van der Waals surface area (Å²) in [6.07, 6.45) is -5.70. The van der Waals surface area contributed by atoms with E-state index in [1.54, 1.807) is 13.8 Å². The number of aliphatic hydroxyl groups excluding tert-OH is 1. The molecule has 0 saturated carbocycles. The number of carboxylic acid groups (broad SMARTS) is 1. The summed E-state index contributed by atoms with van der Waals surface area (Å²) in [6, 6.07) is 1.71. The highest BCUT2D eigenvalue weighted by molar-refractivity contribution is 6.32. The number of aliphatic carboxylic acids is 1. The molecule has 0 aromatic heterocycles. The van der Waals surface area contributed by atoms with Crippen LogP contribution in [0.1, 0.15) is 13.8 Å². The normalized spacial score (nSPS) is 13.3. The Morgan fingerprint density at radius 2 is 1.88 bits per heavy atom. The summed E-state index contributed by atoms with van der Waals surface area (Å²) in [5, 5.41) is 23.3. The number of nitrogens with zero attached hydrogens (tertiary/aromatic N) is 2. The molecule has 0 heterocycles. The van der Waals surface area contributed by atoms with Gasteiger partial charge in [-0.05, 0) is 19.9 Å². The third-order valence-corrected chi connectivity index (χ3v) is 2.61. The quantitative estimate of drug-likeness (QED) is 0.338. The van der Waals surface area contributed by atoms with Crippen molar-refractivity contribution in [3.05, 3.63) is 34.4 Å². The van der Waals surface area contributed by atoms with Crippen LogP contribution >= 0.6 is 11.6 Å². The van der Waals surface area contributed by atoms with Gasteiger partial charge in [-0.3, -0.25) is 0 Å². The van der Waals surface area contributed by atoms with Crippen LogP contribution < -0.4 is 4.74 Å². The van der Waals surface area contributed by atoms with Gasteiger partial charge in [0.2, 0.25) is 11.5 Å². The molecule has 11 heteroatoms. The third kappa shape index (κ3) is 5.08. The fraction of sp³-hybridized carbons (Fsp3) is 0.308. The van der Waals surface area contributed by atoms with Crippen molar-refractivity contribution >= 4 is 23.3 Å². The topological polar surface area (TPSA) is 91.5 Å². The lowest BCUT2D eigenvalue weighted by atomic mass is 10.3. The van der Waals surface area contributed by atoms with Gasteiger partial charge in [-0.25, -0.2) is 9.18 Å². The van der Waals surface area contributed by atoms with Crippen LogP contribution in [0.4, 0.5) is 23.2 Å². The van der Waals surface area contributed by atoms with Crippen LogP contribution in [-0.2, 0) is 4.79 Å². The Balaban J connectivity index is 3.32. The minimum Gasteiger partial charge on any atom is -0.502 e. The monoisotopic (exact) mass is 370 g/mol. The van der Waals surface area contributed by atoms with Crippen LogP contribution in [-0.4, -0.2) is 28.5 Å². The van der Waals surface area contributed by atoms with E-state index >= 15 is 0 Å². The lowest BCUT2D eigenvalue weighted by molar-refractivity contribution is -0.138. The lowest BCUT2D eigenvalue weighted by Gasteiger charge is -2.12. The van der Waals surface area contributed by atoms with Gasteiger partial charge in [0, 0.05) is 6.07 Å². The molecule has 1 aromatic rings. The zero-order chi connectivity index (χ0) is 18.7. The molecule has 132 valence electrons. The summed E-state index contributed by atoms with van der Waals surface area (Å²) in [7, 11) is 0. The van der Waals surface area contributed by atoms with Crippen LogP contribution in [0.3, 0.4) is 0 Å². The molecule has 24 heavy (non-hydrogen) atoms. The van der Waals surface area contributed by atoms with Gasteiger partial charge in [0.05, 0.1) is 11.1 Å². The fourth-order valence-electron chi connectivity index (χ4n) is 1.37. The molecule has 0 atom stereocenters. The zero-order valence-electron chi connectivity index (χ0n) is 12.2. The van der Waals surface area contributed by atoms with Gasteiger partial charge in [0.25, 0.3) is 0 Å². The highest BCUT2D eigenvalue weighted by Gasteiger charge is 2.39. The van der Waals surface area contributed by atoms with E-state index in [2.05, 4.69) is 10.2 Å². The third-order valence-electron chi connectivity index (χ3n) is 2.32. The van der Waals surface area contributed by atoms with Crippen molar-refractivity contribution in [3.8, 4) is 5.75 Å². The van der Waals surface area contributed by atoms with Gasteiger partial charge in [0.1, 0.15) is 11.4 Å². The van der Waals surface area contributed by atoms with E-state index in [1.165, 1.54) is 0 Å². The molecule has 0 amide bonds. The van der Waals surface area contributed by atoms with E-state index in [0.29, 0.717) is 0 Å². The van der Waals surface area contributed by atoms with Gasteiger partial charge >= 0.3 is 12.1 Å². The summed E-state index contributed by atoms with van der Waals surface area (Å²) in [5.74, 6) is -5.76. The number of azo groups is 1. The predicted octanol–water partition coefficient (Wildman–Crippen LogP) is 4.77. The van der Waals surface area contributed by atoms with Crippen LogP contribution in [0.2, 0.25) is 5.02 Å². The molecule has 6 nitrogen and oxygen atoms in total. The molecule has 0 saturated heterocycles. The largest absolute Gasteiger partial charge is 0.502 e. The summed E-state index contributed by atoms with van der Waals surface area (Å²) >= 11 is 5.74. The lowest BCUT2D eigenvalue weighted by Crippen LogP contribution is -2.16. The van der Waals surface area contributed by atoms with Gasteiger partial charge in [-0.15, -0.1) is 10.2 Å². The Morgan fingerprint density at radius 3 is 2.33 bits per heavy atom. The SMILES string of the molecule is CC(C)Oc1cc(N=N/C(C(=O)O)=C(\O)C(F)(F)F)c(F)cc1Cl. The van der Waals surface area contributed by atoms with E-state index in [0.717, 1.165) is 12.1 Å². The summed E-state index contributed by atoms with van der Waals surface area (Å²) < 4.78 is 56.0. The molecule has 0 unspecified atom stereocenters. The average Bonchev–Trinajstić information content (AvgIpc) is 2.41. The van der Waals surface area contributed by atoms with Gasteiger partial charge < -0.3 is 14.9 Å². The number of aliphatic hydroxyl groups is 1. The maximum atomic E-state index is 13.7. The Labute approximate surface area is 138 Å². The van der Waals surface area contributed by atoms with Crippen LogP contribution in [0.25, 0.3) is 0 Å². The number of carboxylic acids is 1. The number of alkyl halides is 3. The second-order valence-corrected chi connectivity index (χ2v) is 5.01. The van der Waals surface area contributed by atoms with Crippen LogP contribution in [0.15, 0.2) is 33.8 Å². The second kappa shape index (κ2) is 7.47. The molecule has 1 aromatic carbocycles. The van der Waals surface area contributed by atoms with Crippen LogP contribution in [0.5, 0.6) is 5.75 Å². The maximum absolute atomic E-state index is 13.7. The van der Waals surface area contributed by atoms with Crippen molar-refractivity contribution in [2.45, 2.75) is 26.1 Å². The molecule has 0 aliphatic heterocycles. The number of hydrogen-bond donors (Lipinski definition) is 2. The molecular weight excluding hydrogens is 360 g/mol. The van der Waals surface area contributed by atoms with E-state index < -0.39 is 35.1 Å². The van der Waals surface area contributed by atoms with Gasteiger partial charge in [-0.2, -0.15) is 13.2 Å². The number of ether oxygens (including phenoxy) is 1. The van der Waals surface area contributed by atoms with Gasteiger partial charge in [-0.1, -0.05) is 11.6 Å². The summed E-state index contributed by atoms with van der Waals surface area (Å²) in [6.45, 7) is 3.29. The Bertz CT molecular complexity index is 702. The van der Waals surface area contributed by atoms with Crippen molar-refractivity contribution in [2.24, 2.45) is 10.2 Å². The van der Waals surface area contributed by atoms with E-state index in [1.807, 2.05) is 0 Å². The van der Waals surface area contributed by atoms with Crippen LogP contribution in [0, 0.1) is 5.82 Å². The van der Waals surface area contributed by atoms with Crippen molar-refractivity contribution < 1.29 is 37.3 Å². The molecule has 0 aliphatic rings. The second-order valence-electron chi connectivity index (χ2n) is 4.60. The Morgan fingerprint density at radius 1 is 1.29 bits per heavy atom. The number of halogens is 5. The van der Waals surface area contributed by atoms with Crippen molar-refractivity contribution in [2.75, 3.05) is 0 Å². The molecule has 0 bridgehead atoms. The number of hydrogen-bond acceptors (Lipinski definition) is 5. The minimum absolute atomic E-state index is 0.0251. The summed E-state index contributed by atoms with van der Waals surface area (Å²) in [4.78, 5) is 10.7. The molecule has 1 rings (SSSR count). The van der Waals surface area contributed by atoms with Crippen molar-refractivity contribution in [3.63, 3.8) is 0 Å². The van der Waals surface area contributed by atoms with Gasteiger partial charge in [0.15, 0.2) is 5.82 Å². The van der Waals surface area contributed by atoms with Crippen molar-refractivity contribution in [1.82, 2.24) is 0 Å². The minimum atomic E-state index is -5.35. The number of carbonyl (C=O) groups is 1.